The highest BCUT2D eigenvalue weighted by molar-refractivity contribution is 5.92. The lowest BCUT2D eigenvalue weighted by molar-refractivity contribution is -0.149. The van der Waals surface area contributed by atoms with Gasteiger partial charge in [-0.3, -0.25) is 14.3 Å². The van der Waals surface area contributed by atoms with Gasteiger partial charge in [-0.15, -0.1) is 5.10 Å². The van der Waals surface area contributed by atoms with Gasteiger partial charge < -0.3 is 9.64 Å². The van der Waals surface area contributed by atoms with Crippen LogP contribution in [0.15, 0.2) is 36.5 Å². The summed E-state index contributed by atoms with van der Waals surface area (Å²) in [6.07, 6.45) is 5.13. The molecule has 1 fully saturated rings. The van der Waals surface area contributed by atoms with Crippen molar-refractivity contribution in [2.24, 2.45) is 5.92 Å². The fourth-order valence-electron chi connectivity index (χ4n) is 3.37. The van der Waals surface area contributed by atoms with Crippen LogP contribution in [0.2, 0.25) is 0 Å². The second-order valence-electron chi connectivity index (χ2n) is 6.80. The zero-order chi connectivity index (χ0) is 19.1. The van der Waals surface area contributed by atoms with Crippen LogP contribution in [0.5, 0.6) is 0 Å². The molecule has 1 aromatic carbocycles. The van der Waals surface area contributed by atoms with Crippen LogP contribution in [0.4, 0.5) is 0 Å². The van der Waals surface area contributed by atoms with Crippen LogP contribution in [0.25, 0.3) is 0 Å². The Kier molecular flexibility index (Phi) is 6.57. The molecule has 144 valence electrons. The summed E-state index contributed by atoms with van der Waals surface area (Å²) in [4.78, 5) is 26.3. The fourth-order valence-corrected chi connectivity index (χ4v) is 3.37. The first kappa shape index (κ1) is 19.1. The first-order valence-corrected chi connectivity index (χ1v) is 9.57. The standard InChI is InChI=1S/C20H26N4O3/c1-2-27-20(26)17-11-7-12-23(14-17)19(25)18-15-24(22-21-18)13-6-10-16-8-4-3-5-9-16/h3-5,8-9,15,17H,2,6-7,10-14H2,1H3. The van der Waals surface area contributed by atoms with E-state index in [1.165, 1.54) is 5.56 Å². The number of hydrogen-bond acceptors (Lipinski definition) is 5. The molecule has 1 atom stereocenters. The molecule has 27 heavy (non-hydrogen) atoms. The molecule has 7 heteroatoms. The fraction of sp³-hybridized carbons (Fsp3) is 0.500. The van der Waals surface area contributed by atoms with Crippen LogP contribution in [0.1, 0.15) is 42.2 Å². The first-order chi connectivity index (χ1) is 13.2. The third-order valence-corrected chi connectivity index (χ3v) is 4.78. The molecule has 1 aliphatic rings. The number of hydrogen-bond donors (Lipinski definition) is 0. The second-order valence-corrected chi connectivity index (χ2v) is 6.80. The quantitative estimate of drug-likeness (QED) is 0.699. The van der Waals surface area contributed by atoms with Crippen LogP contribution < -0.4 is 0 Å². The minimum atomic E-state index is -0.247. The van der Waals surface area contributed by atoms with E-state index in [2.05, 4.69) is 22.4 Å². The van der Waals surface area contributed by atoms with Gasteiger partial charge in [-0.1, -0.05) is 35.5 Å². The maximum atomic E-state index is 12.7. The smallest absolute Gasteiger partial charge is 0.310 e. The van der Waals surface area contributed by atoms with Gasteiger partial charge in [0.25, 0.3) is 5.91 Å². The monoisotopic (exact) mass is 370 g/mol. The molecule has 1 aromatic heterocycles. The number of piperidine rings is 1. The van der Waals surface area contributed by atoms with E-state index in [1.54, 1.807) is 22.7 Å². The molecule has 1 amide bonds. The Morgan fingerprint density at radius 2 is 2.07 bits per heavy atom. The molecule has 0 N–H and O–H groups in total. The van der Waals surface area contributed by atoms with Crippen molar-refractivity contribution in [3.8, 4) is 0 Å². The van der Waals surface area contributed by atoms with E-state index in [0.29, 0.717) is 31.9 Å². The van der Waals surface area contributed by atoms with Gasteiger partial charge in [0.15, 0.2) is 5.69 Å². The molecule has 0 spiro atoms. The highest BCUT2D eigenvalue weighted by Crippen LogP contribution is 2.19. The molecule has 0 bridgehead atoms. The van der Waals surface area contributed by atoms with Crippen LogP contribution in [0.3, 0.4) is 0 Å². The van der Waals surface area contributed by atoms with Gasteiger partial charge in [0.05, 0.1) is 18.7 Å². The highest BCUT2D eigenvalue weighted by Gasteiger charge is 2.30. The number of benzene rings is 1. The molecule has 3 rings (SSSR count). The zero-order valence-electron chi connectivity index (χ0n) is 15.7. The van der Waals surface area contributed by atoms with Crippen LogP contribution in [-0.2, 0) is 22.5 Å². The summed E-state index contributed by atoms with van der Waals surface area (Å²) < 4.78 is 6.80. The lowest BCUT2D eigenvalue weighted by atomic mass is 9.98. The summed E-state index contributed by atoms with van der Waals surface area (Å²) in [6, 6.07) is 10.3. The van der Waals surface area contributed by atoms with E-state index in [1.807, 2.05) is 18.2 Å². The Hall–Kier alpha value is -2.70. The number of esters is 1. The molecular formula is C20H26N4O3. The Balaban J connectivity index is 1.52. The predicted molar refractivity (Wildman–Crippen MR) is 100 cm³/mol. The van der Waals surface area contributed by atoms with Gasteiger partial charge in [0.2, 0.25) is 0 Å². The van der Waals surface area contributed by atoms with Crippen molar-refractivity contribution in [1.29, 1.82) is 0 Å². The van der Waals surface area contributed by atoms with Crippen LogP contribution >= 0.6 is 0 Å². The summed E-state index contributed by atoms with van der Waals surface area (Å²) in [5, 5.41) is 8.10. The Morgan fingerprint density at radius 1 is 1.26 bits per heavy atom. The molecule has 2 heterocycles. The average Bonchev–Trinajstić information content (AvgIpc) is 3.17. The van der Waals surface area contributed by atoms with Gasteiger partial charge in [-0.2, -0.15) is 0 Å². The SMILES string of the molecule is CCOC(=O)C1CCCN(C(=O)c2cn(CCCc3ccccc3)nn2)C1. The van der Waals surface area contributed by atoms with Gasteiger partial charge >= 0.3 is 5.97 Å². The van der Waals surface area contributed by atoms with E-state index >= 15 is 0 Å². The number of carbonyl (C=O) groups is 2. The lowest BCUT2D eigenvalue weighted by Gasteiger charge is -2.30. The number of aryl methyl sites for hydroxylation is 2. The molecule has 1 aliphatic heterocycles. The maximum absolute atomic E-state index is 12.7. The molecule has 1 unspecified atom stereocenters. The first-order valence-electron chi connectivity index (χ1n) is 9.57. The number of nitrogens with zero attached hydrogens (tertiary/aromatic N) is 4. The highest BCUT2D eigenvalue weighted by atomic mass is 16.5. The Labute approximate surface area is 159 Å². The maximum Gasteiger partial charge on any atom is 0.310 e. The Morgan fingerprint density at radius 3 is 2.85 bits per heavy atom. The topological polar surface area (TPSA) is 77.3 Å². The van der Waals surface area contributed by atoms with Crippen molar-refractivity contribution >= 4 is 11.9 Å². The minimum absolute atomic E-state index is 0.168. The van der Waals surface area contributed by atoms with Crippen molar-refractivity contribution in [2.45, 2.75) is 39.2 Å². The molecular weight excluding hydrogens is 344 g/mol. The van der Waals surface area contributed by atoms with E-state index < -0.39 is 0 Å². The average molecular weight is 370 g/mol. The normalized spacial score (nSPS) is 16.9. The number of rotatable bonds is 7. The van der Waals surface area contributed by atoms with Crippen molar-refractivity contribution < 1.29 is 14.3 Å². The number of amides is 1. The summed E-state index contributed by atoms with van der Waals surface area (Å²) in [6.45, 7) is 3.88. The second kappa shape index (κ2) is 9.30. The van der Waals surface area contributed by atoms with Crippen LogP contribution in [-0.4, -0.2) is 51.5 Å². The molecule has 0 radical (unpaired) electrons. The van der Waals surface area contributed by atoms with Crippen molar-refractivity contribution in [2.75, 3.05) is 19.7 Å². The number of ether oxygens (including phenoxy) is 1. The predicted octanol–water partition coefficient (Wildman–Crippen LogP) is 2.33. The molecule has 0 saturated carbocycles. The van der Waals surface area contributed by atoms with Gasteiger partial charge in [-0.25, -0.2) is 0 Å². The molecule has 0 aliphatic carbocycles. The van der Waals surface area contributed by atoms with Crippen molar-refractivity contribution in [3.05, 3.63) is 47.8 Å². The van der Waals surface area contributed by atoms with E-state index in [4.69, 9.17) is 4.74 Å². The van der Waals surface area contributed by atoms with Gasteiger partial charge in [0, 0.05) is 19.6 Å². The van der Waals surface area contributed by atoms with Crippen molar-refractivity contribution in [3.63, 3.8) is 0 Å². The largest absolute Gasteiger partial charge is 0.466 e. The minimum Gasteiger partial charge on any atom is -0.466 e. The number of likely N-dealkylation sites (tertiary alicyclic amines) is 1. The molecule has 2 aromatic rings. The zero-order valence-corrected chi connectivity index (χ0v) is 15.7. The van der Waals surface area contributed by atoms with Crippen LogP contribution in [0, 0.1) is 5.92 Å². The van der Waals surface area contributed by atoms with Crippen molar-refractivity contribution in [1.82, 2.24) is 19.9 Å². The van der Waals surface area contributed by atoms with Gasteiger partial charge in [-0.05, 0) is 38.2 Å². The third kappa shape index (κ3) is 5.15. The van der Waals surface area contributed by atoms with E-state index in [9.17, 15) is 9.59 Å². The number of aromatic nitrogens is 3. The van der Waals surface area contributed by atoms with E-state index in [0.717, 1.165) is 25.7 Å². The molecule has 7 nitrogen and oxygen atoms in total. The summed E-state index contributed by atoms with van der Waals surface area (Å²) in [5.41, 5.74) is 1.62. The lowest BCUT2D eigenvalue weighted by Crippen LogP contribution is -2.43. The third-order valence-electron chi connectivity index (χ3n) is 4.78. The van der Waals surface area contributed by atoms with Gasteiger partial charge in [0.1, 0.15) is 0 Å². The summed E-state index contributed by atoms with van der Waals surface area (Å²) in [7, 11) is 0. The number of carbonyl (C=O) groups excluding carboxylic acids is 2. The van der Waals surface area contributed by atoms with E-state index in [-0.39, 0.29) is 17.8 Å². The summed E-state index contributed by atoms with van der Waals surface area (Å²) in [5.74, 6) is -0.638. The molecule has 1 saturated heterocycles. The Bertz CT molecular complexity index is 760. The summed E-state index contributed by atoms with van der Waals surface area (Å²) >= 11 is 0.